The van der Waals surface area contributed by atoms with Gasteiger partial charge in [0, 0.05) is 44.2 Å². The molecule has 1 atom stereocenters. The fourth-order valence-corrected chi connectivity index (χ4v) is 3.35. The van der Waals surface area contributed by atoms with Crippen molar-refractivity contribution in [1.82, 2.24) is 15.1 Å². The predicted molar refractivity (Wildman–Crippen MR) is 77.4 cm³/mol. The highest BCUT2D eigenvalue weighted by Crippen LogP contribution is 2.31. The minimum atomic E-state index is 0.380. The van der Waals surface area contributed by atoms with Gasteiger partial charge in [0.15, 0.2) is 0 Å². The number of hydrogen-bond donors (Lipinski definition) is 1. The van der Waals surface area contributed by atoms with E-state index in [0.29, 0.717) is 5.41 Å². The third kappa shape index (κ3) is 3.91. The molecule has 0 spiro atoms. The maximum Gasteiger partial charge on any atom is 0.0547 e. The van der Waals surface area contributed by atoms with Crippen LogP contribution in [-0.4, -0.2) is 75.4 Å². The lowest BCUT2D eigenvalue weighted by Crippen LogP contribution is -2.46. The van der Waals surface area contributed by atoms with E-state index >= 15 is 0 Å². The van der Waals surface area contributed by atoms with Gasteiger partial charge >= 0.3 is 0 Å². The van der Waals surface area contributed by atoms with Crippen molar-refractivity contribution in [2.45, 2.75) is 31.7 Å². The lowest BCUT2D eigenvalue weighted by molar-refractivity contribution is 0.109. The average Bonchev–Trinajstić information content (AvgIpc) is 3.16. The fraction of sp³-hybridized carbons (Fsp3) is 1.00. The van der Waals surface area contributed by atoms with Crippen molar-refractivity contribution >= 4 is 0 Å². The summed E-state index contributed by atoms with van der Waals surface area (Å²) in [6.07, 6.45) is 5.31. The quantitative estimate of drug-likeness (QED) is 0.797. The number of likely N-dealkylation sites (N-methyl/N-ethyl adjacent to an activating group) is 1. The van der Waals surface area contributed by atoms with Gasteiger partial charge in [0.25, 0.3) is 0 Å². The van der Waals surface area contributed by atoms with Crippen LogP contribution in [0.25, 0.3) is 0 Å². The molecular weight excluding hydrogens is 238 g/mol. The molecule has 110 valence electrons. The number of nitrogens with zero attached hydrogens (tertiary/aromatic N) is 2. The van der Waals surface area contributed by atoms with Crippen molar-refractivity contribution in [3.63, 3.8) is 0 Å². The summed E-state index contributed by atoms with van der Waals surface area (Å²) in [6, 6.07) is 0.813. The Morgan fingerprint density at radius 3 is 2.84 bits per heavy atom. The summed E-state index contributed by atoms with van der Waals surface area (Å²) in [4.78, 5) is 5.13. The zero-order chi connectivity index (χ0) is 13.1. The molecule has 0 amide bonds. The summed E-state index contributed by atoms with van der Waals surface area (Å²) in [7, 11) is 2.24. The van der Waals surface area contributed by atoms with Crippen molar-refractivity contribution in [3.05, 3.63) is 0 Å². The molecule has 4 heteroatoms. The van der Waals surface area contributed by atoms with E-state index in [-0.39, 0.29) is 0 Å². The standard InChI is InChI=1S/C15H29N3O/c1-17-6-2-7-18(9-8-17)12-15(5-10-19-13-15)11-16-14-3-4-14/h14,16H,2-13H2,1H3. The second-order valence-electron chi connectivity index (χ2n) is 6.89. The molecule has 0 bridgehead atoms. The molecule has 0 radical (unpaired) electrons. The van der Waals surface area contributed by atoms with Gasteiger partial charge < -0.3 is 19.9 Å². The highest BCUT2D eigenvalue weighted by Gasteiger charge is 2.38. The van der Waals surface area contributed by atoms with Gasteiger partial charge in [0.1, 0.15) is 0 Å². The van der Waals surface area contributed by atoms with Gasteiger partial charge in [-0.25, -0.2) is 0 Å². The van der Waals surface area contributed by atoms with E-state index in [0.717, 1.165) is 25.8 Å². The maximum absolute atomic E-state index is 5.73. The molecule has 0 aromatic heterocycles. The first-order valence-electron chi connectivity index (χ1n) is 7.98. The zero-order valence-electron chi connectivity index (χ0n) is 12.4. The number of rotatable bonds is 5. The Morgan fingerprint density at radius 2 is 2.11 bits per heavy atom. The van der Waals surface area contributed by atoms with E-state index in [4.69, 9.17) is 4.74 Å². The van der Waals surface area contributed by atoms with Crippen LogP contribution in [0.15, 0.2) is 0 Å². The topological polar surface area (TPSA) is 27.7 Å². The molecule has 2 aliphatic heterocycles. The van der Waals surface area contributed by atoms with Crippen molar-refractivity contribution in [1.29, 1.82) is 0 Å². The van der Waals surface area contributed by atoms with Crippen molar-refractivity contribution in [3.8, 4) is 0 Å². The fourth-order valence-electron chi connectivity index (χ4n) is 3.35. The van der Waals surface area contributed by atoms with Gasteiger partial charge in [-0.1, -0.05) is 0 Å². The average molecular weight is 267 g/mol. The largest absolute Gasteiger partial charge is 0.381 e. The summed E-state index contributed by atoms with van der Waals surface area (Å²) in [5.74, 6) is 0. The van der Waals surface area contributed by atoms with Crippen LogP contribution in [0.5, 0.6) is 0 Å². The van der Waals surface area contributed by atoms with Crippen LogP contribution < -0.4 is 5.32 Å². The van der Waals surface area contributed by atoms with Crippen LogP contribution in [0, 0.1) is 5.41 Å². The zero-order valence-corrected chi connectivity index (χ0v) is 12.4. The first-order valence-corrected chi connectivity index (χ1v) is 7.98. The van der Waals surface area contributed by atoms with E-state index in [1.165, 1.54) is 58.4 Å². The minimum absolute atomic E-state index is 0.380. The van der Waals surface area contributed by atoms with Gasteiger partial charge in [-0.3, -0.25) is 0 Å². The molecule has 4 nitrogen and oxygen atoms in total. The van der Waals surface area contributed by atoms with E-state index in [9.17, 15) is 0 Å². The highest BCUT2D eigenvalue weighted by atomic mass is 16.5. The summed E-state index contributed by atoms with van der Waals surface area (Å²) >= 11 is 0. The van der Waals surface area contributed by atoms with E-state index in [1.807, 2.05) is 0 Å². The molecule has 2 saturated heterocycles. The smallest absolute Gasteiger partial charge is 0.0547 e. The summed E-state index contributed by atoms with van der Waals surface area (Å²) in [5, 5.41) is 3.74. The van der Waals surface area contributed by atoms with E-state index in [1.54, 1.807) is 0 Å². The van der Waals surface area contributed by atoms with Gasteiger partial charge in [-0.05, 0) is 45.8 Å². The summed E-state index contributed by atoms with van der Waals surface area (Å²) in [5.41, 5.74) is 0.380. The number of hydrogen-bond acceptors (Lipinski definition) is 4. The van der Waals surface area contributed by atoms with Crippen LogP contribution >= 0.6 is 0 Å². The molecule has 1 aliphatic carbocycles. The summed E-state index contributed by atoms with van der Waals surface area (Å²) in [6.45, 7) is 9.24. The molecule has 1 unspecified atom stereocenters. The van der Waals surface area contributed by atoms with Crippen molar-refractivity contribution in [2.24, 2.45) is 5.41 Å². The third-order valence-corrected chi connectivity index (χ3v) is 4.90. The van der Waals surface area contributed by atoms with Crippen LogP contribution in [0.2, 0.25) is 0 Å². The number of ether oxygens (including phenoxy) is 1. The normalized spacial score (nSPS) is 34.6. The summed E-state index contributed by atoms with van der Waals surface area (Å²) < 4.78 is 5.73. The Kier molecular flexibility index (Phi) is 4.42. The van der Waals surface area contributed by atoms with Crippen LogP contribution in [-0.2, 0) is 4.74 Å². The minimum Gasteiger partial charge on any atom is -0.381 e. The first-order chi connectivity index (χ1) is 9.26. The molecular formula is C15H29N3O. The monoisotopic (exact) mass is 267 g/mol. The van der Waals surface area contributed by atoms with Gasteiger partial charge in [-0.15, -0.1) is 0 Å². The van der Waals surface area contributed by atoms with Crippen LogP contribution in [0.1, 0.15) is 25.7 Å². The molecule has 3 fully saturated rings. The Balaban J connectivity index is 1.53. The van der Waals surface area contributed by atoms with Gasteiger partial charge in [-0.2, -0.15) is 0 Å². The second-order valence-corrected chi connectivity index (χ2v) is 6.89. The molecule has 3 rings (SSSR count). The molecule has 0 aromatic rings. The van der Waals surface area contributed by atoms with Crippen LogP contribution in [0.4, 0.5) is 0 Å². The Bertz CT molecular complexity index is 287. The molecule has 19 heavy (non-hydrogen) atoms. The van der Waals surface area contributed by atoms with Crippen molar-refractivity contribution < 1.29 is 4.74 Å². The second kappa shape index (κ2) is 6.08. The Hall–Kier alpha value is -0.160. The third-order valence-electron chi connectivity index (χ3n) is 4.90. The molecule has 1 N–H and O–H groups in total. The highest BCUT2D eigenvalue weighted by molar-refractivity contribution is 4.92. The maximum atomic E-state index is 5.73. The predicted octanol–water partition coefficient (Wildman–Crippen LogP) is 0.783. The molecule has 2 heterocycles. The van der Waals surface area contributed by atoms with Gasteiger partial charge in [0.2, 0.25) is 0 Å². The number of nitrogens with one attached hydrogen (secondary N) is 1. The molecule has 3 aliphatic rings. The Labute approximate surface area is 117 Å². The molecule has 0 aromatic carbocycles. The lowest BCUT2D eigenvalue weighted by atomic mass is 9.86. The first kappa shape index (κ1) is 13.8. The lowest BCUT2D eigenvalue weighted by Gasteiger charge is -2.34. The SMILES string of the molecule is CN1CCCN(CC2(CNC3CC3)CCOC2)CC1. The van der Waals surface area contributed by atoms with E-state index in [2.05, 4.69) is 22.2 Å². The van der Waals surface area contributed by atoms with E-state index < -0.39 is 0 Å². The van der Waals surface area contributed by atoms with Crippen LogP contribution in [0.3, 0.4) is 0 Å². The van der Waals surface area contributed by atoms with Crippen molar-refractivity contribution in [2.75, 3.05) is 59.5 Å². The Morgan fingerprint density at radius 1 is 1.21 bits per heavy atom. The molecule has 1 saturated carbocycles. The van der Waals surface area contributed by atoms with Gasteiger partial charge in [0.05, 0.1) is 6.61 Å².